The minimum Gasteiger partial charge on any atom is -0.412 e. The second kappa shape index (κ2) is 2.87. The van der Waals surface area contributed by atoms with E-state index in [0.29, 0.717) is 0 Å². The van der Waals surface area contributed by atoms with Crippen LogP contribution in [0.4, 0.5) is 4.79 Å². The van der Waals surface area contributed by atoms with E-state index in [9.17, 15) is 18.3 Å². The van der Waals surface area contributed by atoms with Crippen molar-refractivity contribution < 1.29 is 23.1 Å². The van der Waals surface area contributed by atoms with Crippen molar-refractivity contribution in [3.05, 3.63) is 0 Å². The van der Waals surface area contributed by atoms with Crippen molar-refractivity contribution in [2.24, 2.45) is 0 Å². The van der Waals surface area contributed by atoms with Crippen LogP contribution in [0.5, 0.6) is 0 Å². The summed E-state index contributed by atoms with van der Waals surface area (Å²) in [6.07, 6.45) is -0.960. The van der Waals surface area contributed by atoms with Gasteiger partial charge in [-0.05, 0) is 6.92 Å². The van der Waals surface area contributed by atoms with Crippen LogP contribution in [0.15, 0.2) is 0 Å². The fourth-order valence-corrected chi connectivity index (χ4v) is 0.476. The molecule has 0 heterocycles. The third-order valence-corrected chi connectivity index (χ3v) is 2.17. The summed E-state index contributed by atoms with van der Waals surface area (Å²) in [5, 5.41) is 9.66. The first-order valence-corrected chi connectivity index (χ1v) is 4.36. The molecule has 1 radical (unpaired) electrons. The van der Waals surface area contributed by atoms with Crippen molar-refractivity contribution in [1.29, 1.82) is 0 Å². The van der Waals surface area contributed by atoms with Gasteiger partial charge in [0.15, 0.2) is 9.84 Å². The predicted molar refractivity (Wildman–Crippen MR) is 31.5 cm³/mol. The van der Waals surface area contributed by atoms with E-state index in [0.717, 1.165) is 13.2 Å². The largest absolute Gasteiger partial charge is 0.551 e. The summed E-state index contributed by atoms with van der Waals surface area (Å²) in [7, 11) is -3.44. The molecule has 0 aromatic heterocycles. The molecule has 59 valence electrons. The highest BCUT2D eigenvalue weighted by Crippen LogP contribution is 1.99. The molecule has 0 saturated heterocycles. The molecule has 6 heteroatoms. The van der Waals surface area contributed by atoms with E-state index in [1.165, 1.54) is 0 Å². The Kier molecular flexibility index (Phi) is 2.65. The highest BCUT2D eigenvalue weighted by Gasteiger charge is 2.19. The summed E-state index contributed by atoms with van der Waals surface area (Å²) in [6, 6.07) is 0. The molecule has 5 nitrogen and oxygen atoms in total. The third kappa shape index (κ3) is 3.29. The summed E-state index contributed by atoms with van der Waals surface area (Å²) in [5.41, 5.74) is -1.35. The fourth-order valence-electron chi connectivity index (χ4n) is 0.223. The number of carbonyl (C=O) groups is 1. The summed E-state index contributed by atoms with van der Waals surface area (Å²) < 4.78 is 24.7. The molecule has 1 atom stereocenters. The van der Waals surface area contributed by atoms with Crippen LogP contribution in [0.1, 0.15) is 6.92 Å². The lowest BCUT2D eigenvalue weighted by Gasteiger charge is -2.05. The first-order chi connectivity index (χ1) is 4.34. The molecule has 0 aromatic rings. The van der Waals surface area contributed by atoms with E-state index in [1.54, 1.807) is 0 Å². The first-order valence-electron chi connectivity index (χ1n) is 2.40. The van der Waals surface area contributed by atoms with Crippen LogP contribution >= 0.6 is 0 Å². The molecule has 0 rings (SSSR count). The Morgan fingerprint density at radius 2 is 1.90 bits per heavy atom. The van der Waals surface area contributed by atoms with E-state index in [-0.39, 0.29) is 0 Å². The molecule has 0 aliphatic rings. The number of hydrogen-bond acceptors (Lipinski definition) is 4. The van der Waals surface area contributed by atoms with Gasteiger partial charge in [0.05, 0.1) is 0 Å². The molecular weight excluding hydrogens is 160 g/mol. The molecule has 0 aromatic carbocycles. The molecule has 0 amide bonds. The SMILES string of the molecule is CC(OC([O])=O)S(C)(=O)=O. The molecule has 10 heavy (non-hydrogen) atoms. The van der Waals surface area contributed by atoms with Gasteiger partial charge in [0.1, 0.15) is 0 Å². The monoisotopic (exact) mass is 167 g/mol. The van der Waals surface area contributed by atoms with Crippen LogP contribution in [0.3, 0.4) is 0 Å². The van der Waals surface area contributed by atoms with Crippen LogP contribution in [0.2, 0.25) is 0 Å². The maximum Gasteiger partial charge on any atom is 0.551 e. The fraction of sp³-hybridized carbons (Fsp3) is 0.750. The summed E-state index contributed by atoms with van der Waals surface area (Å²) in [4.78, 5) is 9.66. The molecule has 1 unspecified atom stereocenters. The quantitative estimate of drug-likeness (QED) is 0.540. The van der Waals surface area contributed by atoms with Gasteiger partial charge in [-0.3, -0.25) is 0 Å². The average Bonchev–Trinajstić information content (AvgIpc) is 1.60. The zero-order chi connectivity index (χ0) is 8.36. The molecule has 0 fully saturated rings. The van der Waals surface area contributed by atoms with Crippen molar-refractivity contribution in [1.82, 2.24) is 0 Å². The lowest BCUT2D eigenvalue weighted by molar-refractivity contribution is 0.0610. The standard InChI is InChI=1S/C4H7O5S/c1-3(9-4(5)6)10(2,7)8/h3H,1-2H3. The smallest absolute Gasteiger partial charge is 0.412 e. The van der Waals surface area contributed by atoms with Crippen molar-refractivity contribution in [2.75, 3.05) is 6.26 Å². The van der Waals surface area contributed by atoms with Gasteiger partial charge < -0.3 is 4.74 Å². The van der Waals surface area contributed by atoms with Crippen molar-refractivity contribution in [3.8, 4) is 0 Å². The van der Waals surface area contributed by atoms with E-state index in [4.69, 9.17) is 0 Å². The first kappa shape index (κ1) is 9.22. The van der Waals surface area contributed by atoms with Crippen molar-refractivity contribution in [3.63, 3.8) is 0 Å². The maximum absolute atomic E-state index is 10.5. The third-order valence-electron chi connectivity index (χ3n) is 0.865. The zero-order valence-corrected chi connectivity index (χ0v) is 6.34. The Labute approximate surface area is 58.5 Å². The number of rotatable bonds is 2. The van der Waals surface area contributed by atoms with Gasteiger partial charge in [0, 0.05) is 6.26 Å². The van der Waals surface area contributed by atoms with E-state index < -0.39 is 21.4 Å². The van der Waals surface area contributed by atoms with Crippen molar-refractivity contribution in [2.45, 2.75) is 12.4 Å². The van der Waals surface area contributed by atoms with Gasteiger partial charge in [-0.25, -0.2) is 8.42 Å². The molecule has 0 aliphatic carbocycles. The Morgan fingerprint density at radius 1 is 1.50 bits per heavy atom. The van der Waals surface area contributed by atoms with Crippen LogP contribution < -0.4 is 0 Å². The summed E-state index contributed by atoms with van der Waals surface area (Å²) in [6.45, 7) is 1.12. The van der Waals surface area contributed by atoms with Gasteiger partial charge >= 0.3 is 6.16 Å². The van der Waals surface area contributed by atoms with E-state index >= 15 is 0 Å². The zero-order valence-electron chi connectivity index (χ0n) is 5.53. The Balaban J connectivity index is 4.12. The number of carbonyl (C=O) groups excluding carboxylic acids is 1. The van der Waals surface area contributed by atoms with E-state index in [2.05, 4.69) is 4.74 Å². The van der Waals surface area contributed by atoms with Crippen LogP contribution in [-0.4, -0.2) is 26.3 Å². The van der Waals surface area contributed by atoms with Gasteiger partial charge in [-0.1, -0.05) is 0 Å². The van der Waals surface area contributed by atoms with Gasteiger partial charge in [-0.15, -0.1) is 0 Å². The Morgan fingerprint density at radius 3 is 2.00 bits per heavy atom. The average molecular weight is 167 g/mol. The second-order valence-electron chi connectivity index (χ2n) is 1.77. The molecule has 0 saturated carbocycles. The Hall–Kier alpha value is -0.780. The lowest BCUT2D eigenvalue weighted by Crippen LogP contribution is -2.21. The van der Waals surface area contributed by atoms with Gasteiger partial charge in [-0.2, -0.15) is 9.90 Å². The summed E-state index contributed by atoms with van der Waals surface area (Å²) >= 11 is 0. The minimum atomic E-state index is -3.44. The molecular formula is C4H7O5S. The molecule has 0 spiro atoms. The topological polar surface area (TPSA) is 80.3 Å². The van der Waals surface area contributed by atoms with Crippen LogP contribution in [0.25, 0.3) is 0 Å². The molecule has 0 aliphatic heterocycles. The Bertz CT molecular complexity index is 216. The number of sulfone groups is 1. The van der Waals surface area contributed by atoms with Crippen molar-refractivity contribution >= 4 is 16.0 Å². The molecule has 0 bridgehead atoms. The number of hydrogen-bond donors (Lipinski definition) is 0. The van der Waals surface area contributed by atoms with Gasteiger partial charge in [0.25, 0.3) is 0 Å². The normalized spacial score (nSPS) is 14.2. The van der Waals surface area contributed by atoms with E-state index in [1.807, 2.05) is 0 Å². The summed E-state index contributed by atoms with van der Waals surface area (Å²) in [5.74, 6) is 0. The number of ether oxygens (including phenoxy) is 1. The van der Waals surface area contributed by atoms with Gasteiger partial charge in [0.2, 0.25) is 5.44 Å². The highest BCUT2D eigenvalue weighted by molar-refractivity contribution is 7.91. The van der Waals surface area contributed by atoms with Crippen LogP contribution in [-0.2, 0) is 19.7 Å². The minimum absolute atomic E-state index is 0.876. The maximum atomic E-state index is 10.5. The highest BCUT2D eigenvalue weighted by atomic mass is 32.2. The predicted octanol–water partition coefficient (Wildman–Crippen LogP) is -0.0559. The molecule has 0 N–H and O–H groups in total. The second-order valence-corrected chi connectivity index (χ2v) is 4.09. The lowest BCUT2D eigenvalue weighted by atomic mass is 10.9. The van der Waals surface area contributed by atoms with Crippen LogP contribution in [0, 0.1) is 0 Å².